The lowest BCUT2D eigenvalue weighted by molar-refractivity contribution is 0.415. The minimum absolute atomic E-state index is 0.234. The molecule has 112 valence electrons. The van der Waals surface area contributed by atoms with Gasteiger partial charge in [0.05, 0.1) is 17.7 Å². The van der Waals surface area contributed by atoms with Crippen LogP contribution in [0.4, 0.5) is 5.69 Å². The van der Waals surface area contributed by atoms with Crippen molar-refractivity contribution in [1.29, 1.82) is 0 Å². The van der Waals surface area contributed by atoms with E-state index < -0.39 is 10.0 Å². The zero-order chi connectivity index (χ0) is 15.3. The number of sulfonamides is 1. The number of rotatable bonds is 6. The molecule has 0 aliphatic heterocycles. The maximum Gasteiger partial charge on any atom is 0.261 e. The topological polar surface area (TPSA) is 67.4 Å². The predicted octanol–water partition coefficient (Wildman–Crippen LogP) is 2.22. The molecule has 0 radical (unpaired) electrons. The lowest BCUT2D eigenvalue weighted by atomic mass is 10.2. The van der Waals surface area contributed by atoms with Crippen molar-refractivity contribution in [2.75, 3.05) is 18.9 Å². The van der Waals surface area contributed by atoms with E-state index in [1.807, 2.05) is 13.1 Å². The summed E-state index contributed by atoms with van der Waals surface area (Å²) < 4.78 is 32.4. The number of ether oxygens (including phenoxy) is 1. The van der Waals surface area contributed by atoms with E-state index in [0.717, 1.165) is 5.56 Å². The van der Waals surface area contributed by atoms with Crippen molar-refractivity contribution in [3.8, 4) is 5.75 Å². The number of benzene rings is 2. The Hall–Kier alpha value is -2.05. The molecule has 6 heteroatoms. The van der Waals surface area contributed by atoms with Gasteiger partial charge in [0, 0.05) is 12.6 Å². The Morgan fingerprint density at radius 1 is 1.10 bits per heavy atom. The van der Waals surface area contributed by atoms with Gasteiger partial charge in [-0.2, -0.15) is 0 Å². The van der Waals surface area contributed by atoms with Gasteiger partial charge in [-0.1, -0.05) is 18.2 Å². The maximum atomic E-state index is 12.4. The second kappa shape index (κ2) is 6.60. The highest BCUT2D eigenvalue weighted by atomic mass is 32.2. The molecule has 0 unspecified atom stereocenters. The van der Waals surface area contributed by atoms with E-state index in [4.69, 9.17) is 4.74 Å². The molecule has 2 aromatic rings. The van der Waals surface area contributed by atoms with Crippen molar-refractivity contribution < 1.29 is 13.2 Å². The lowest BCUT2D eigenvalue weighted by Gasteiger charge is -2.10. The fraction of sp³-hybridized carbons (Fsp3) is 0.200. The average molecular weight is 306 g/mol. The summed E-state index contributed by atoms with van der Waals surface area (Å²) in [5, 5.41) is 3.00. The van der Waals surface area contributed by atoms with Crippen LogP contribution in [0.3, 0.4) is 0 Å². The van der Waals surface area contributed by atoms with Crippen LogP contribution in [0.2, 0.25) is 0 Å². The first-order chi connectivity index (χ1) is 10.0. The Kier molecular flexibility index (Phi) is 4.82. The van der Waals surface area contributed by atoms with Gasteiger partial charge in [0.15, 0.2) is 0 Å². The van der Waals surface area contributed by atoms with Crippen molar-refractivity contribution in [2.24, 2.45) is 0 Å². The van der Waals surface area contributed by atoms with E-state index in [0.29, 0.717) is 18.0 Å². The summed E-state index contributed by atoms with van der Waals surface area (Å²) in [6, 6.07) is 13.6. The number of anilines is 1. The molecule has 5 nitrogen and oxygen atoms in total. The van der Waals surface area contributed by atoms with Crippen LogP contribution in [-0.4, -0.2) is 22.6 Å². The van der Waals surface area contributed by atoms with Gasteiger partial charge >= 0.3 is 0 Å². The lowest BCUT2D eigenvalue weighted by Crippen LogP contribution is -2.14. The molecule has 0 saturated heterocycles. The second-order valence-electron chi connectivity index (χ2n) is 4.52. The molecule has 0 atom stereocenters. The van der Waals surface area contributed by atoms with Crippen molar-refractivity contribution in [2.45, 2.75) is 11.4 Å². The van der Waals surface area contributed by atoms with Crippen LogP contribution in [0.5, 0.6) is 5.75 Å². The summed E-state index contributed by atoms with van der Waals surface area (Å²) in [6.45, 7) is 0.614. The van der Waals surface area contributed by atoms with Crippen LogP contribution in [0.25, 0.3) is 0 Å². The standard InChI is InChI=1S/C15H18N2O3S/c1-16-11-12-5-3-8-15(9-12)21(18,19)17-13-6-4-7-14(10-13)20-2/h3-10,16-17H,11H2,1-2H3. The van der Waals surface area contributed by atoms with Crippen LogP contribution < -0.4 is 14.8 Å². The Bertz CT molecular complexity index is 714. The molecule has 0 aliphatic carbocycles. The first kappa shape index (κ1) is 15.3. The zero-order valence-corrected chi connectivity index (χ0v) is 12.8. The zero-order valence-electron chi connectivity index (χ0n) is 12.0. The third-order valence-corrected chi connectivity index (χ3v) is 4.29. The highest BCUT2D eigenvalue weighted by Gasteiger charge is 2.14. The quantitative estimate of drug-likeness (QED) is 0.858. The number of hydrogen-bond acceptors (Lipinski definition) is 4. The Morgan fingerprint density at radius 2 is 1.86 bits per heavy atom. The van der Waals surface area contributed by atoms with E-state index >= 15 is 0 Å². The van der Waals surface area contributed by atoms with Crippen LogP contribution in [0.15, 0.2) is 53.4 Å². The van der Waals surface area contributed by atoms with Gasteiger partial charge < -0.3 is 10.1 Å². The molecule has 0 bridgehead atoms. The van der Waals surface area contributed by atoms with Crippen molar-refractivity contribution in [3.63, 3.8) is 0 Å². The predicted molar refractivity (Wildman–Crippen MR) is 83.0 cm³/mol. The molecular weight excluding hydrogens is 288 g/mol. The summed E-state index contributed by atoms with van der Waals surface area (Å²) in [6.07, 6.45) is 0. The van der Waals surface area contributed by atoms with Crippen LogP contribution >= 0.6 is 0 Å². The van der Waals surface area contributed by atoms with Gasteiger partial charge in [-0.3, -0.25) is 4.72 Å². The minimum Gasteiger partial charge on any atom is -0.497 e. The smallest absolute Gasteiger partial charge is 0.261 e. The highest BCUT2D eigenvalue weighted by molar-refractivity contribution is 7.92. The highest BCUT2D eigenvalue weighted by Crippen LogP contribution is 2.21. The molecule has 0 heterocycles. The molecule has 0 amide bonds. The number of hydrogen-bond donors (Lipinski definition) is 2. The summed E-state index contributed by atoms with van der Waals surface area (Å²) in [5.41, 5.74) is 1.37. The van der Waals surface area contributed by atoms with Crippen molar-refractivity contribution in [1.82, 2.24) is 5.32 Å². The monoisotopic (exact) mass is 306 g/mol. The fourth-order valence-electron chi connectivity index (χ4n) is 1.93. The molecule has 2 aromatic carbocycles. The summed E-state index contributed by atoms with van der Waals surface area (Å²) in [7, 11) is -0.261. The molecule has 0 aliphatic rings. The molecule has 2 rings (SSSR count). The number of nitrogens with one attached hydrogen (secondary N) is 2. The van der Waals surface area contributed by atoms with Crippen LogP contribution in [0, 0.1) is 0 Å². The van der Waals surface area contributed by atoms with Gasteiger partial charge in [0.2, 0.25) is 0 Å². The summed E-state index contributed by atoms with van der Waals surface area (Å²) in [4.78, 5) is 0.234. The number of methoxy groups -OCH3 is 1. The molecule has 21 heavy (non-hydrogen) atoms. The SMILES string of the molecule is CNCc1cccc(S(=O)(=O)Nc2cccc(OC)c2)c1. The van der Waals surface area contributed by atoms with Crippen LogP contribution in [0.1, 0.15) is 5.56 Å². The van der Waals surface area contributed by atoms with Gasteiger partial charge in [0.1, 0.15) is 5.75 Å². The first-order valence-electron chi connectivity index (χ1n) is 6.45. The van der Waals surface area contributed by atoms with Crippen LogP contribution in [-0.2, 0) is 16.6 Å². The van der Waals surface area contributed by atoms with Gasteiger partial charge in [-0.25, -0.2) is 8.42 Å². The van der Waals surface area contributed by atoms with Gasteiger partial charge in [-0.15, -0.1) is 0 Å². The Labute approximate surface area is 125 Å². The summed E-state index contributed by atoms with van der Waals surface area (Å²) >= 11 is 0. The molecule has 0 saturated carbocycles. The molecular formula is C15H18N2O3S. The molecule has 2 N–H and O–H groups in total. The summed E-state index contributed by atoms with van der Waals surface area (Å²) in [5.74, 6) is 0.596. The first-order valence-corrected chi connectivity index (χ1v) is 7.94. The second-order valence-corrected chi connectivity index (χ2v) is 6.20. The Morgan fingerprint density at radius 3 is 2.57 bits per heavy atom. The Balaban J connectivity index is 2.27. The normalized spacial score (nSPS) is 11.1. The van der Waals surface area contributed by atoms with Gasteiger partial charge in [0.25, 0.3) is 10.0 Å². The van der Waals surface area contributed by atoms with E-state index in [2.05, 4.69) is 10.0 Å². The van der Waals surface area contributed by atoms with E-state index in [1.165, 1.54) is 7.11 Å². The van der Waals surface area contributed by atoms with E-state index in [-0.39, 0.29) is 4.90 Å². The van der Waals surface area contributed by atoms with Gasteiger partial charge in [-0.05, 0) is 36.9 Å². The van der Waals surface area contributed by atoms with E-state index in [1.54, 1.807) is 42.5 Å². The molecule has 0 fully saturated rings. The average Bonchev–Trinajstić information content (AvgIpc) is 2.48. The minimum atomic E-state index is -3.61. The fourth-order valence-corrected chi connectivity index (χ4v) is 3.05. The third-order valence-electron chi connectivity index (χ3n) is 2.91. The molecule has 0 spiro atoms. The van der Waals surface area contributed by atoms with Crippen molar-refractivity contribution >= 4 is 15.7 Å². The maximum absolute atomic E-state index is 12.4. The molecule has 0 aromatic heterocycles. The van der Waals surface area contributed by atoms with Crippen molar-refractivity contribution in [3.05, 3.63) is 54.1 Å². The van der Waals surface area contributed by atoms with E-state index in [9.17, 15) is 8.42 Å². The largest absolute Gasteiger partial charge is 0.497 e. The third kappa shape index (κ3) is 3.96.